The molecular weight excluding hydrogens is 290 g/mol. The van der Waals surface area contributed by atoms with Gasteiger partial charge < -0.3 is 14.9 Å². The average molecular weight is 305 g/mol. The molecule has 1 fully saturated rings. The zero-order valence-electron chi connectivity index (χ0n) is 11.3. The number of anilines is 2. The first-order valence-corrected chi connectivity index (χ1v) is 7.47. The molecule has 2 N–H and O–H groups in total. The van der Waals surface area contributed by atoms with E-state index in [0.29, 0.717) is 31.3 Å². The van der Waals surface area contributed by atoms with E-state index >= 15 is 0 Å². The number of nitrogens with one attached hydrogen (secondary N) is 1. The predicted octanol–water partition coefficient (Wildman–Crippen LogP) is 1.60. The summed E-state index contributed by atoms with van der Waals surface area (Å²) < 4.78 is 0. The monoisotopic (exact) mass is 305 g/mol. The maximum atomic E-state index is 12.1. The Hall–Kier alpha value is -2.35. The Morgan fingerprint density at radius 3 is 2.67 bits per heavy atom. The van der Waals surface area contributed by atoms with Gasteiger partial charge in [-0.1, -0.05) is 23.5 Å². The van der Waals surface area contributed by atoms with Crippen LogP contribution in [-0.2, 0) is 0 Å². The lowest BCUT2D eigenvalue weighted by Crippen LogP contribution is -2.50. The van der Waals surface area contributed by atoms with Crippen LogP contribution >= 0.6 is 11.3 Å². The second-order valence-corrected chi connectivity index (χ2v) is 5.47. The number of piperazine rings is 1. The highest BCUT2D eigenvalue weighted by atomic mass is 32.1. The van der Waals surface area contributed by atoms with Crippen molar-refractivity contribution < 1.29 is 9.90 Å². The molecule has 0 radical (unpaired) electrons. The number of hydrogen-bond donors (Lipinski definition) is 2. The molecule has 2 heterocycles. The van der Waals surface area contributed by atoms with Gasteiger partial charge in [0, 0.05) is 26.2 Å². The number of benzene rings is 1. The molecule has 1 aromatic carbocycles. The predicted molar refractivity (Wildman–Crippen MR) is 80.8 cm³/mol. The van der Waals surface area contributed by atoms with Crippen LogP contribution in [0, 0.1) is 0 Å². The zero-order chi connectivity index (χ0) is 14.7. The lowest BCUT2D eigenvalue weighted by Gasteiger charge is -2.36. The average Bonchev–Trinajstić information content (AvgIpc) is 3.01. The van der Waals surface area contributed by atoms with E-state index in [2.05, 4.69) is 20.4 Å². The van der Waals surface area contributed by atoms with Crippen molar-refractivity contribution in [2.45, 2.75) is 0 Å². The molecule has 0 bridgehead atoms. The Kier molecular flexibility index (Phi) is 3.87. The fourth-order valence-electron chi connectivity index (χ4n) is 2.28. The van der Waals surface area contributed by atoms with Crippen molar-refractivity contribution in [1.82, 2.24) is 15.1 Å². The summed E-state index contributed by atoms with van der Waals surface area (Å²) in [6.07, 6.45) is 0. The highest BCUT2D eigenvalue weighted by Crippen LogP contribution is 2.27. The van der Waals surface area contributed by atoms with Gasteiger partial charge in [-0.15, -0.1) is 10.2 Å². The molecule has 2 aromatic rings. The molecule has 1 aliphatic rings. The fourth-order valence-corrected chi connectivity index (χ4v) is 2.71. The number of amides is 2. The minimum atomic E-state index is -0.163. The molecule has 110 valence electrons. The normalized spacial score (nSPS) is 15.0. The third-order valence-corrected chi connectivity index (χ3v) is 3.97. The van der Waals surface area contributed by atoms with Crippen molar-refractivity contribution in [3.05, 3.63) is 29.8 Å². The number of para-hydroxylation sites is 2. The van der Waals surface area contributed by atoms with Crippen LogP contribution in [0.2, 0.25) is 0 Å². The van der Waals surface area contributed by atoms with Crippen molar-refractivity contribution in [1.29, 1.82) is 0 Å². The van der Waals surface area contributed by atoms with Crippen LogP contribution < -0.4 is 10.2 Å². The number of hydrogen-bond acceptors (Lipinski definition) is 6. The second kappa shape index (κ2) is 5.96. The summed E-state index contributed by atoms with van der Waals surface area (Å²) in [5.74, 6) is 0.268. The number of phenols is 1. The maximum absolute atomic E-state index is 12.1. The number of carbonyl (C=O) groups is 1. The molecule has 0 spiro atoms. The molecule has 0 saturated carbocycles. The summed E-state index contributed by atoms with van der Waals surface area (Å²) in [7, 11) is 0. The number of carbonyl (C=O) groups excluding carboxylic acids is 1. The Morgan fingerprint density at radius 2 is 2.00 bits per heavy atom. The van der Waals surface area contributed by atoms with Gasteiger partial charge in [0.2, 0.25) is 5.13 Å². The molecule has 7 nitrogen and oxygen atoms in total. The number of phenolic OH excluding ortho intramolecular Hbond substituents is 1. The van der Waals surface area contributed by atoms with E-state index in [9.17, 15) is 9.90 Å². The van der Waals surface area contributed by atoms with Gasteiger partial charge in [0.15, 0.2) is 0 Å². The van der Waals surface area contributed by atoms with Crippen molar-refractivity contribution >= 4 is 28.2 Å². The smallest absolute Gasteiger partial charge is 0.323 e. The minimum Gasteiger partial charge on any atom is -0.506 e. The first kappa shape index (κ1) is 13.6. The Labute approximate surface area is 125 Å². The zero-order valence-corrected chi connectivity index (χ0v) is 12.1. The van der Waals surface area contributed by atoms with Crippen molar-refractivity contribution in [3.63, 3.8) is 0 Å². The van der Waals surface area contributed by atoms with Crippen LogP contribution in [-0.4, -0.2) is 52.4 Å². The van der Waals surface area contributed by atoms with Crippen molar-refractivity contribution in [3.8, 4) is 5.75 Å². The number of aromatic nitrogens is 2. The summed E-state index contributed by atoms with van der Waals surface area (Å²) in [6.45, 7) is 2.56. The Bertz CT molecular complexity index is 611. The molecule has 0 unspecified atom stereocenters. The largest absolute Gasteiger partial charge is 0.506 e. The summed E-state index contributed by atoms with van der Waals surface area (Å²) in [5.41, 5.74) is 2.38. The summed E-state index contributed by atoms with van der Waals surface area (Å²) >= 11 is 1.29. The highest BCUT2D eigenvalue weighted by Gasteiger charge is 2.22. The molecule has 0 aliphatic carbocycles. The van der Waals surface area contributed by atoms with E-state index in [4.69, 9.17) is 0 Å². The molecular formula is C13H15N5O2S. The number of nitrogens with zero attached hydrogens (tertiary/aromatic N) is 4. The van der Waals surface area contributed by atoms with Crippen LogP contribution in [0.5, 0.6) is 5.75 Å². The minimum absolute atomic E-state index is 0.163. The molecule has 1 saturated heterocycles. The summed E-state index contributed by atoms with van der Waals surface area (Å²) in [5, 5.41) is 20.6. The Balaban J connectivity index is 1.58. The van der Waals surface area contributed by atoms with Gasteiger partial charge in [0.25, 0.3) is 0 Å². The molecule has 3 rings (SSSR count). The van der Waals surface area contributed by atoms with Gasteiger partial charge in [-0.2, -0.15) is 0 Å². The summed E-state index contributed by atoms with van der Waals surface area (Å²) in [6, 6.07) is 7.08. The van der Waals surface area contributed by atoms with E-state index in [0.717, 1.165) is 5.69 Å². The SMILES string of the molecule is O=C(Nc1nncs1)N1CCN(c2ccccc2O)CC1. The van der Waals surface area contributed by atoms with E-state index in [1.807, 2.05) is 12.1 Å². The lowest BCUT2D eigenvalue weighted by atomic mass is 10.2. The first-order valence-electron chi connectivity index (χ1n) is 6.59. The molecule has 2 amide bonds. The van der Waals surface area contributed by atoms with Gasteiger partial charge in [-0.05, 0) is 12.1 Å². The maximum Gasteiger partial charge on any atom is 0.323 e. The summed E-state index contributed by atoms with van der Waals surface area (Å²) in [4.78, 5) is 15.9. The quantitative estimate of drug-likeness (QED) is 0.880. The molecule has 1 aromatic heterocycles. The second-order valence-electron chi connectivity index (χ2n) is 4.64. The molecule has 8 heteroatoms. The van der Waals surface area contributed by atoms with Crippen molar-refractivity contribution in [2.24, 2.45) is 0 Å². The van der Waals surface area contributed by atoms with Crippen LogP contribution in [0.1, 0.15) is 0 Å². The van der Waals surface area contributed by atoms with Gasteiger partial charge in [-0.3, -0.25) is 5.32 Å². The standard InChI is InChI=1S/C13H15N5O2S/c19-11-4-2-1-3-10(11)17-5-7-18(8-6-17)13(20)15-12-16-14-9-21-12/h1-4,9,19H,5-8H2,(H,15,16,20). The van der Waals surface area contributed by atoms with E-state index in [1.54, 1.807) is 22.5 Å². The van der Waals surface area contributed by atoms with Gasteiger partial charge in [0.1, 0.15) is 11.3 Å². The molecule has 21 heavy (non-hydrogen) atoms. The van der Waals surface area contributed by atoms with Gasteiger partial charge in [0.05, 0.1) is 5.69 Å². The lowest BCUT2D eigenvalue weighted by molar-refractivity contribution is 0.208. The van der Waals surface area contributed by atoms with E-state index in [-0.39, 0.29) is 11.8 Å². The number of rotatable bonds is 2. The highest BCUT2D eigenvalue weighted by molar-refractivity contribution is 7.13. The third kappa shape index (κ3) is 3.05. The number of urea groups is 1. The van der Waals surface area contributed by atoms with Crippen LogP contribution in [0.3, 0.4) is 0 Å². The van der Waals surface area contributed by atoms with Crippen LogP contribution in [0.25, 0.3) is 0 Å². The van der Waals surface area contributed by atoms with Gasteiger partial charge in [-0.25, -0.2) is 4.79 Å². The first-order chi connectivity index (χ1) is 10.2. The van der Waals surface area contributed by atoms with Crippen LogP contribution in [0.15, 0.2) is 29.8 Å². The number of aromatic hydroxyl groups is 1. The molecule has 0 atom stereocenters. The van der Waals surface area contributed by atoms with Crippen LogP contribution in [0.4, 0.5) is 15.6 Å². The van der Waals surface area contributed by atoms with E-state index in [1.165, 1.54) is 11.3 Å². The van der Waals surface area contributed by atoms with Gasteiger partial charge >= 0.3 is 6.03 Å². The van der Waals surface area contributed by atoms with E-state index < -0.39 is 0 Å². The third-order valence-electron chi connectivity index (χ3n) is 3.36. The van der Waals surface area contributed by atoms with Crippen molar-refractivity contribution in [2.75, 3.05) is 36.4 Å². The Morgan fingerprint density at radius 1 is 1.24 bits per heavy atom. The fraction of sp³-hybridized carbons (Fsp3) is 0.308. The molecule has 1 aliphatic heterocycles. The topological polar surface area (TPSA) is 81.6 Å².